The summed E-state index contributed by atoms with van der Waals surface area (Å²) in [5.74, 6) is 0.426. The Balaban J connectivity index is 1.66. The van der Waals surface area contributed by atoms with Crippen molar-refractivity contribution < 1.29 is 9.53 Å². The number of carbonyl (C=O) groups excluding carboxylic acids is 1. The van der Waals surface area contributed by atoms with Gasteiger partial charge in [0.05, 0.1) is 28.2 Å². The summed E-state index contributed by atoms with van der Waals surface area (Å²) in [6.07, 6.45) is 1.43. The van der Waals surface area contributed by atoms with Crippen LogP contribution in [0.15, 0.2) is 39.9 Å². The van der Waals surface area contributed by atoms with Gasteiger partial charge < -0.3 is 15.0 Å². The maximum absolute atomic E-state index is 13.1. The normalized spacial score (nSPS) is 23.2. The van der Waals surface area contributed by atoms with Gasteiger partial charge in [0, 0.05) is 17.7 Å². The zero-order chi connectivity index (χ0) is 21.8. The Bertz CT molecular complexity index is 1290. The largest absolute Gasteiger partial charge is 0.375 e. The van der Waals surface area contributed by atoms with Crippen molar-refractivity contribution in [2.45, 2.75) is 43.6 Å². The van der Waals surface area contributed by atoms with Crippen molar-refractivity contribution in [2.75, 3.05) is 17.7 Å². The van der Waals surface area contributed by atoms with Gasteiger partial charge in [-0.3, -0.25) is 24.2 Å². The second kappa shape index (κ2) is 7.42. The highest BCUT2D eigenvalue weighted by Gasteiger charge is 2.36. The number of rotatable bonds is 2. The van der Waals surface area contributed by atoms with Crippen molar-refractivity contribution in [1.82, 2.24) is 14.8 Å². The molecule has 2 aliphatic heterocycles. The Morgan fingerprint density at radius 1 is 1.16 bits per heavy atom. The lowest BCUT2D eigenvalue weighted by atomic mass is 9.94. The molecule has 2 aromatic heterocycles. The SMILES string of the molecule is CC1(C)C[C@H](n2[nH]c(=O)c3c2NC(=O)CS[C@@H]3c2cc3ccccc3[nH]c2=O)CCO1. The van der Waals surface area contributed by atoms with Crippen LogP contribution < -0.4 is 16.4 Å². The van der Waals surface area contributed by atoms with Crippen molar-refractivity contribution in [3.63, 3.8) is 0 Å². The molecule has 0 unspecified atom stereocenters. The summed E-state index contributed by atoms with van der Waals surface area (Å²) in [5.41, 5.74) is 0.760. The van der Waals surface area contributed by atoms with Gasteiger partial charge in [0.25, 0.3) is 11.1 Å². The number of pyridine rings is 1. The molecular weight excluding hydrogens is 416 g/mol. The van der Waals surface area contributed by atoms with Crippen molar-refractivity contribution in [3.8, 4) is 0 Å². The van der Waals surface area contributed by atoms with Crippen LogP contribution in [0.3, 0.4) is 0 Å². The molecule has 0 spiro atoms. The maximum atomic E-state index is 13.1. The molecule has 0 bridgehead atoms. The van der Waals surface area contributed by atoms with Gasteiger partial charge in [-0.15, -0.1) is 11.8 Å². The first-order valence-electron chi connectivity index (χ1n) is 10.3. The van der Waals surface area contributed by atoms with Gasteiger partial charge in [0.15, 0.2) is 0 Å². The highest BCUT2D eigenvalue weighted by atomic mass is 32.2. The first-order chi connectivity index (χ1) is 14.8. The smallest absolute Gasteiger partial charge is 0.270 e. The average molecular weight is 441 g/mol. The van der Waals surface area contributed by atoms with Crippen LogP contribution in [-0.2, 0) is 9.53 Å². The van der Waals surface area contributed by atoms with E-state index < -0.39 is 5.25 Å². The predicted octanol–water partition coefficient (Wildman–Crippen LogP) is 2.92. The number of benzene rings is 1. The number of anilines is 1. The number of H-pyrrole nitrogens is 2. The Labute approximate surface area is 182 Å². The Kier molecular flexibility index (Phi) is 4.82. The molecule has 0 radical (unpaired) electrons. The summed E-state index contributed by atoms with van der Waals surface area (Å²) < 4.78 is 7.59. The first kappa shape index (κ1) is 20.1. The second-order valence-corrected chi connectivity index (χ2v) is 9.80. The Morgan fingerprint density at radius 2 is 1.97 bits per heavy atom. The molecule has 1 aromatic carbocycles. The van der Waals surface area contributed by atoms with Crippen LogP contribution in [0.1, 0.15) is 49.1 Å². The number of nitrogens with one attached hydrogen (secondary N) is 3. The first-order valence-corrected chi connectivity index (χ1v) is 11.4. The fourth-order valence-corrected chi connectivity index (χ4v) is 5.67. The van der Waals surface area contributed by atoms with Gasteiger partial charge in [-0.1, -0.05) is 18.2 Å². The molecule has 1 amide bonds. The minimum atomic E-state index is -0.555. The quantitative estimate of drug-likeness (QED) is 0.568. The molecule has 3 aromatic rings. The molecule has 0 aliphatic carbocycles. The average Bonchev–Trinajstić information content (AvgIpc) is 2.93. The van der Waals surface area contributed by atoms with Gasteiger partial charge in [-0.05, 0) is 44.2 Å². The molecule has 3 N–H and O–H groups in total. The highest BCUT2D eigenvalue weighted by molar-refractivity contribution is 8.00. The molecule has 9 heteroatoms. The third-order valence-corrected chi connectivity index (χ3v) is 7.22. The molecule has 31 heavy (non-hydrogen) atoms. The van der Waals surface area contributed by atoms with Crippen LogP contribution >= 0.6 is 11.8 Å². The molecule has 5 rings (SSSR count). The zero-order valence-electron chi connectivity index (χ0n) is 17.4. The van der Waals surface area contributed by atoms with E-state index in [0.717, 1.165) is 17.3 Å². The minimum absolute atomic E-state index is 0.0147. The third kappa shape index (κ3) is 3.61. The van der Waals surface area contributed by atoms with E-state index in [1.165, 1.54) is 11.8 Å². The lowest BCUT2D eigenvalue weighted by Crippen LogP contribution is -2.36. The fourth-order valence-electron chi connectivity index (χ4n) is 4.54. The van der Waals surface area contributed by atoms with Crippen LogP contribution in [-0.4, -0.2) is 38.6 Å². The van der Waals surface area contributed by atoms with Crippen molar-refractivity contribution in [1.29, 1.82) is 0 Å². The number of nitrogens with zero attached hydrogens (tertiary/aromatic N) is 1. The Hall–Kier alpha value is -2.78. The van der Waals surface area contributed by atoms with Crippen LogP contribution in [0.2, 0.25) is 0 Å². The van der Waals surface area contributed by atoms with E-state index in [0.29, 0.717) is 30.0 Å². The predicted molar refractivity (Wildman–Crippen MR) is 121 cm³/mol. The third-order valence-electron chi connectivity index (χ3n) is 5.96. The van der Waals surface area contributed by atoms with Crippen LogP contribution in [0.25, 0.3) is 10.9 Å². The molecule has 2 atom stereocenters. The number of thioether (sulfide) groups is 1. The number of aromatic nitrogens is 3. The van der Waals surface area contributed by atoms with E-state index in [4.69, 9.17) is 4.74 Å². The van der Waals surface area contributed by atoms with Crippen molar-refractivity contribution in [3.05, 3.63) is 62.2 Å². The number of aromatic amines is 2. The molecule has 2 aliphatic rings. The summed E-state index contributed by atoms with van der Waals surface area (Å²) in [6.45, 7) is 4.61. The number of amides is 1. The molecule has 8 nitrogen and oxygen atoms in total. The van der Waals surface area contributed by atoms with E-state index in [1.54, 1.807) is 4.68 Å². The minimum Gasteiger partial charge on any atom is -0.375 e. The van der Waals surface area contributed by atoms with Crippen LogP contribution in [0.4, 0.5) is 5.82 Å². The maximum Gasteiger partial charge on any atom is 0.270 e. The summed E-state index contributed by atoms with van der Waals surface area (Å²) in [4.78, 5) is 41.5. The van der Waals surface area contributed by atoms with Gasteiger partial charge in [0.1, 0.15) is 5.82 Å². The number of carbonyl (C=O) groups is 1. The molecule has 0 saturated carbocycles. The van der Waals surface area contributed by atoms with Crippen molar-refractivity contribution in [2.24, 2.45) is 0 Å². The Morgan fingerprint density at radius 3 is 2.77 bits per heavy atom. The number of hydrogen-bond acceptors (Lipinski definition) is 5. The molecular formula is C22H24N4O4S. The van der Waals surface area contributed by atoms with E-state index in [9.17, 15) is 14.4 Å². The van der Waals surface area contributed by atoms with E-state index >= 15 is 0 Å². The van der Waals surface area contributed by atoms with E-state index in [-0.39, 0.29) is 34.4 Å². The zero-order valence-corrected chi connectivity index (χ0v) is 18.2. The standard InChI is InChI=1S/C22H24N4O4S/c1-22(2)10-13(7-8-30-22)26-19-17(21(29)25-26)18(31-11-16(27)24-19)14-9-12-5-3-4-6-15(12)23-20(14)28/h3-6,9,13,18H,7-8,10-11H2,1-2H3,(H,23,28)(H,24,27)(H,25,29)/t13-,18-/m1/s1. The number of hydrogen-bond donors (Lipinski definition) is 3. The summed E-state index contributed by atoms with van der Waals surface area (Å²) in [5, 5.41) is 6.17. The van der Waals surface area contributed by atoms with Crippen LogP contribution in [0.5, 0.6) is 0 Å². The van der Waals surface area contributed by atoms with Gasteiger partial charge in [-0.25, -0.2) is 0 Å². The number of fused-ring (bicyclic) bond motifs is 2. The number of para-hydroxylation sites is 1. The lowest BCUT2D eigenvalue weighted by Gasteiger charge is -2.36. The number of ether oxygens (including phenoxy) is 1. The molecule has 4 heterocycles. The summed E-state index contributed by atoms with van der Waals surface area (Å²) in [7, 11) is 0. The van der Waals surface area contributed by atoms with Gasteiger partial charge in [0.2, 0.25) is 5.91 Å². The van der Waals surface area contributed by atoms with E-state index in [1.807, 2.05) is 44.2 Å². The summed E-state index contributed by atoms with van der Waals surface area (Å²) >= 11 is 1.29. The topological polar surface area (TPSA) is 109 Å². The van der Waals surface area contributed by atoms with Crippen molar-refractivity contribution >= 4 is 34.4 Å². The molecule has 1 fully saturated rings. The fraction of sp³-hybridized carbons (Fsp3) is 0.409. The lowest BCUT2D eigenvalue weighted by molar-refractivity contribution is -0.113. The second-order valence-electron chi connectivity index (χ2n) is 8.71. The van der Waals surface area contributed by atoms with Crippen LogP contribution in [0, 0.1) is 0 Å². The van der Waals surface area contributed by atoms with Gasteiger partial charge >= 0.3 is 0 Å². The highest BCUT2D eigenvalue weighted by Crippen LogP contribution is 2.41. The molecule has 162 valence electrons. The van der Waals surface area contributed by atoms with Gasteiger partial charge in [-0.2, -0.15) is 0 Å². The molecule has 1 saturated heterocycles. The van der Waals surface area contributed by atoms with E-state index in [2.05, 4.69) is 15.4 Å². The summed E-state index contributed by atoms with van der Waals surface area (Å²) in [6, 6.07) is 9.32. The monoisotopic (exact) mass is 440 g/mol.